The highest BCUT2D eigenvalue weighted by Gasteiger charge is 2.10. The second-order valence-corrected chi connectivity index (χ2v) is 5.53. The van der Waals surface area contributed by atoms with E-state index in [1.54, 1.807) is 19.1 Å². The topological polar surface area (TPSA) is 52.4 Å². The fourth-order valence-corrected chi connectivity index (χ4v) is 2.35. The van der Waals surface area contributed by atoms with Crippen LogP contribution in [-0.2, 0) is 0 Å². The van der Waals surface area contributed by atoms with E-state index in [0.717, 1.165) is 12.2 Å². The van der Waals surface area contributed by atoms with Crippen LogP contribution in [0.5, 0.6) is 5.75 Å². The van der Waals surface area contributed by atoms with Gasteiger partial charge in [-0.25, -0.2) is 0 Å². The fraction of sp³-hybridized carbons (Fsp3) is 0.647. The lowest BCUT2D eigenvalue weighted by Gasteiger charge is -2.07. The van der Waals surface area contributed by atoms with Crippen LogP contribution in [0, 0.1) is 17.0 Å². The summed E-state index contributed by atoms with van der Waals surface area (Å²) in [5, 5.41) is 10.7. The second kappa shape index (κ2) is 10.2. The number of nitro benzene ring substituents is 1. The van der Waals surface area contributed by atoms with E-state index in [9.17, 15) is 10.1 Å². The van der Waals surface area contributed by atoms with E-state index in [4.69, 9.17) is 4.74 Å². The number of nitrogens with zero attached hydrogens (tertiary/aromatic N) is 1. The summed E-state index contributed by atoms with van der Waals surface area (Å²) in [6.07, 6.45) is 10.2. The lowest BCUT2D eigenvalue weighted by atomic mass is 10.1. The predicted molar refractivity (Wildman–Crippen MR) is 85.9 cm³/mol. The molecule has 1 aromatic carbocycles. The fourth-order valence-electron chi connectivity index (χ4n) is 2.35. The molecule has 0 N–H and O–H groups in total. The van der Waals surface area contributed by atoms with Gasteiger partial charge in [0.15, 0.2) is 0 Å². The maximum atomic E-state index is 10.7. The van der Waals surface area contributed by atoms with Crippen molar-refractivity contribution in [1.29, 1.82) is 0 Å². The van der Waals surface area contributed by atoms with Crippen LogP contribution in [0.4, 0.5) is 5.69 Å². The highest BCUT2D eigenvalue weighted by Crippen LogP contribution is 2.23. The molecule has 0 amide bonds. The summed E-state index contributed by atoms with van der Waals surface area (Å²) in [7, 11) is 0. The number of hydrogen-bond donors (Lipinski definition) is 0. The smallest absolute Gasteiger partial charge is 0.272 e. The Labute approximate surface area is 127 Å². The van der Waals surface area contributed by atoms with Crippen molar-refractivity contribution in [2.45, 2.75) is 65.2 Å². The lowest BCUT2D eigenvalue weighted by Crippen LogP contribution is -1.98. The maximum absolute atomic E-state index is 10.7. The molecule has 0 aliphatic carbocycles. The standard InChI is InChI=1S/C17H27NO3/c1-3-4-5-6-7-8-9-10-13-21-16-11-12-17(18(19)20)15(2)14-16/h11-12,14H,3-10,13H2,1-2H3. The zero-order valence-electron chi connectivity index (χ0n) is 13.3. The molecule has 0 aromatic heterocycles. The number of aryl methyl sites for hydroxylation is 1. The molecule has 4 nitrogen and oxygen atoms in total. The van der Waals surface area contributed by atoms with Crippen molar-refractivity contribution in [3.63, 3.8) is 0 Å². The van der Waals surface area contributed by atoms with Crippen molar-refractivity contribution in [2.24, 2.45) is 0 Å². The Morgan fingerprint density at radius 1 is 1.05 bits per heavy atom. The number of nitro groups is 1. The Morgan fingerprint density at radius 2 is 1.67 bits per heavy atom. The SMILES string of the molecule is CCCCCCCCCCOc1ccc([N+](=O)[O-])c(C)c1. The van der Waals surface area contributed by atoms with Gasteiger partial charge in [0.05, 0.1) is 11.5 Å². The molecule has 0 fully saturated rings. The van der Waals surface area contributed by atoms with E-state index in [1.165, 1.54) is 51.0 Å². The van der Waals surface area contributed by atoms with Gasteiger partial charge in [-0.1, -0.05) is 51.9 Å². The largest absolute Gasteiger partial charge is 0.494 e. The number of ether oxygens (including phenoxy) is 1. The zero-order valence-corrected chi connectivity index (χ0v) is 13.3. The van der Waals surface area contributed by atoms with Crippen LogP contribution < -0.4 is 4.74 Å². The third kappa shape index (κ3) is 7.11. The average molecular weight is 293 g/mol. The number of rotatable bonds is 11. The first kappa shape index (κ1) is 17.5. The Bertz CT molecular complexity index is 432. The van der Waals surface area contributed by atoms with Gasteiger partial charge < -0.3 is 4.74 Å². The van der Waals surface area contributed by atoms with Crippen LogP contribution in [0.25, 0.3) is 0 Å². The summed E-state index contributed by atoms with van der Waals surface area (Å²) >= 11 is 0. The molecule has 0 atom stereocenters. The Hall–Kier alpha value is -1.58. The zero-order chi connectivity index (χ0) is 15.5. The summed E-state index contributed by atoms with van der Waals surface area (Å²) in [6.45, 7) is 4.66. The monoisotopic (exact) mass is 293 g/mol. The normalized spacial score (nSPS) is 10.6. The third-order valence-electron chi connectivity index (χ3n) is 3.63. The van der Waals surface area contributed by atoms with Crippen LogP contribution in [0.1, 0.15) is 63.9 Å². The van der Waals surface area contributed by atoms with Gasteiger partial charge in [0, 0.05) is 11.6 Å². The van der Waals surface area contributed by atoms with E-state index in [1.807, 2.05) is 0 Å². The molecule has 0 aliphatic heterocycles. The Kier molecular flexibility index (Phi) is 8.48. The molecule has 1 rings (SSSR count). The van der Waals surface area contributed by atoms with E-state index < -0.39 is 0 Å². The van der Waals surface area contributed by atoms with Crippen LogP contribution in [0.2, 0.25) is 0 Å². The predicted octanol–water partition coefficient (Wildman–Crippen LogP) is 5.42. The van der Waals surface area contributed by atoms with Gasteiger partial charge in [-0.2, -0.15) is 0 Å². The molecule has 0 bridgehead atoms. The van der Waals surface area contributed by atoms with Gasteiger partial charge in [0.2, 0.25) is 0 Å². The van der Waals surface area contributed by atoms with E-state index >= 15 is 0 Å². The van der Waals surface area contributed by atoms with Crippen molar-refractivity contribution in [1.82, 2.24) is 0 Å². The molecule has 0 aliphatic rings. The summed E-state index contributed by atoms with van der Waals surface area (Å²) in [4.78, 5) is 10.4. The summed E-state index contributed by atoms with van der Waals surface area (Å²) < 4.78 is 5.64. The molecule has 0 unspecified atom stereocenters. The van der Waals surface area contributed by atoms with Crippen molar-refractivity contribution < 1.29 is 9.66 Å². The summed E-state index contributed by atoms with van der Waals surface area (Å²) in [5.41, 5.74) is 0.794. The van der Waals surface area contributed by atoms with Crippen LogP contribution >= 0.6 is 0 Å². The van der Waals surface area contributed by atoms with Crippen molar-refractivity contribution in [3.8, 4) is 5.75 Å². The second-order valence-electron chi connectivity index (χ2n) is 5.53. The van der Waals surface area contributed by atoms with Crippen molar-refractivity contribution in [3.05, 3.63) is 33.9 Å². The van der Waals surface area contributed by atoms with Gasteiger partial charge in [-0.3, -0.25) is 10.1 Å². The number of benzene rings is 1. The molecule has 0 spiro atoms. The van der Waals surface area contributed by atoms with Crippen molar-refractivity contribution >= 4 is 5.69 Å². The highest BCUT2D eigenvalue weighted by molar-refractivity contribution is 5.44. The molecule has 118 valence electrons. The molecule has 1 aromatic rings. The van der Waals surface area contributed by atoms with Crippen LogP contribution in [0.15, 0.2) is 18.2 Å². The Morgan fingerprint density at radius 3 is 2.24 bits per heavy atom. The van der Waals surface area contributed by atoms with Gasteiger partial charge in [-0.15, -0.1) is 0 Å². The van der Waals surface area contributed by atoms with E-state index in [0.29, 0.717) is 12.2 Å². The van der Waals surface area contributed by atoms with Crippen LogP contribution in [0.3, 0.4) is 0 Å². The minimum Gasteiger partial charge on any atom is -0.494 e. The quantitative estimate of drug-likeness (QED) is 0.311. The molecule has 0 radical (unpaired) electrons. The average Bonchev–Trinajstić information content (AvgIpc) is 2.45. The molecule has 0 saturated carbocycles. The van der Waals surface area contributed by atoms with E-state index in [2.05, 4.69) is 6.92 Å². The van der Waals surface area contributed by atoms with E-state index in [-0.39, 0.29) is 10.6 Å². The molecular formula is C17H27NO3. The first-order valence-electron chi connectivity index (χ1n) is 8.03. The first-order valence-corrected chi connectivity index (χ1v) is 8.03. The molecule has 21 heavy (non-hydrogen) atoms. The summed E-state index contributed by atoms with van der Waals surface area (Å²) in [6, 6.07) is 4.93. The number of hydrogen-bond acceptors (Lipinski definition) is 3. The first-order chi connectivity index (χ1) is 10.1. The minimum absolute atomic E-state index is 0.148. The third-order valence-corrected chi connectivity index (χ3v) is 3.63. The van der Waals surface area contributed by atoms with Crippen molar-refractivity contribution in [2.75, 3.05) is 6.61 Å². The molecule has 0 saturated heterocycles. The van der Waals surface area contributed by atoms with Gasteiger partial charge in [-0.05, 0) is 25.5 Å². The van der Waals surface area contributed by atoms with Gasteiger partial charge in [0.1, 0.15) is 5.75 Å². The van der Waals surface area contributed by atoms with Crippen LogP contribution in [-0.4, -0.2) is 11.5 Å². The Balaban J connectivity index is 2.13. The van der Waals surface area contributed by atoms with Gasteiger partial charge in [0.25, 0.3) is 5.69 Å². The molecule has 4 heteroatoms. The molecular weight excluding hydrogens is 266 g/mol. The maximum Gasteiger partial charge on any atom is 0.272 e. The highest BCUT2D eigenvalue weighted by atomic mass is 16.6. The summed E-state index contributed by atoms with van der Waals surface area (Å²) in [5.74, 6) is 0.723. The van der Waals surface area contributed by atoms with Gasteiger partial charge >= 0.3 is 0 Å². The number of unbranched alkanes of at least 4 members (excludes halogenated alkanes) is 7. The molecule has 0 heterocycles. The minimum atomic E-state index is -0.363. The lowest BCUT2D eigenvalue weighted by molar-refractivity contribution is -0.385.